The van der Waals surface area contributed by atoms with Crippen molar-refractivity contribution < 1.29 is 23.1 Å². The maximum Gasteiger partial charge on any atom is 0.405 e. The summed E-state index contributed by atoms with van der Waals surface area (Å²) in [5.41, 5.74) is -4.01. The molecule has 1 unspecified atom stereocenters. The Morgan fingerprint density at radius 2 is 1.62 bits per heavy atom. The van der Waals surface area contributed by atoms with Gasteiger partial charge in [-0.3, -0.25) is 4.79 Å². The number of halogens is 3. The largest absolute Gasteiger partial charge is 0.481 e. The first kappa shape index (κ1) is 15.3. The third-order valence-corrected chi connectivity index (χ3v) is 3.50. The number of unbranched alkanes of at least 4 members (excludes halogenated alkanes) is 1. The van der Waals surface area contributed by atoms with E-state index in [1.807, 2.05) is 6.92 Å². The van der Waals surface area contributed by atoms with Crippen LogP contribution in [-0.4, -0.2) is 17.3 Å². The number of hydrogen-bond donors (Lipinski definition) is 1. The summed E-state index contributed by atoms with van der Waals surface area (Å²) in [5, 5.41) is 8.88. The summed E-state index contributed by atoms with van der Waals surface area (Å²) in [6, 6.07) is 0. The minimum Gasteiger partial charge on any atom is -0.481 e. The summed E-state index contributed by atoms with van der Waals surface area (Å²) in [6.45, 7) is 5.36. The van der Waals surface area contributed by atoms with Crippen LogP contribution in [0.4, 0.5) is 13.2 Å². The second-order valence-corrected chi connectivity index (χ2v) is 4.92. The molecule has 0 fully saturated rings. The predicted octanol–water partition coefficient (Wildman–Crippen LogP) is 3.86. The first-order valence-electron chi connectivity index (χ1n) is 5.31. The average Bonchev–Trinajstić information content (AvgIpc) is 2.11. The van der Waals surface area contributed by atoms with Crippen molar-refractivity contribution in [1.82, 2.24) is 0 Å². The molecule has 0 spiro atoms. The maximum absolute atomic E-state index is 12.9. The van der Waals surface area contributed by atoms with Crippen molar-refractivity contribution >= 4 is 5.97 Å². The molecule has 0 bridgehead atoms. The van der Waals surface area contributed by atoms with E-state index in [9.17, 15) is 18.0 Å². The third kappa shape index (κ3) is 2.50. The van der Waals surface area contributed by atoms with Crippen LogP contribution in [0.5, 0.6) is 0 Å². The van der Waals surface area contributed by atoms with Crippen molar-refractivity contribution in [3.8, 4) is 0 Å². The van der Waals surface area contributed by atoms with E-state index < -0.39 is 23.0 Å². The molecular formula is C11H19F3O2. The summed E-state index contributed by atoms with van der Waals surface area (Å²) in [6.07, 6.45) is -3.16. The Hall–Kier alpha value is -0.740. The molecule has 16 heavy (non-hydrogen) atoms. The van der Waals surface area contributed by atoms with Gasteiger partial charge in [-0.2, -0.15) is 13.2 Å². The molecule has 0 rings (SSSR count). The molecule has 1 N–H and O–H groups in total. The van der Waals surface area contributed by atoms with Crippen LogP contribution in [0.25, 0.3) is 0 Å². The van der Waals surface area contributed by atoms with E-state index in [2.05, 4.69) is 0 Å². The van der Waals surface area contributed by atoms with Crippen LogP contribution in [0, 0.1) is 10.8 Å². The van der Waals surface area contributed by atoms with E-state index in [0.717, 1.165) is 13.3 Å². The van der Waals surface area contributed by atoms with E-state index in [1.54, 1.807) is 0 Å². The fraction of sp³-hybridized carbons (Fsp3) is 0.909. The normalized spacial score (nSPS) is 16.9. The molecule has 5 heteroatoms. The molecule has 96 valence electrons. The van der Waals surface area contributed by atoms with Crippen molar-refractivity contribution in [2.75, 3.05) is 0 Å². The first-order chi connectivity index (χ1) is 7.00. The van der Waals surface area contributed by atoms with Gasteiger partial charge >= 0.3 is 12.1 Å². The molecule has 0 aliphatic carbocycles. The minimum absolute atomic E-state index is 0.242. The van der Waals surface area contributed by atoms with Crippen LogP contribution in [0.3, 0.4) is 0 Å². The van der Waals surface area contributed by atoms with Crippen LogP contribution in [0.1, 0.15) is 47.0 Å². The summed E-state index contributed by atoms with van der Waals surface area (Å²) in [4.78, 5) is 11.0. The van der Waals surface area contributed by atoms with Gasteiger partial charge in [0.05, 0.1) is 0 Å². The number of hydrogen-bond acceptors (Lipinski definition) is 1. The second-order valence-electron chi connectivity index (χ2n) is 4.92. The van der Waals surface area contributed by atoms with E-state index in [1.165, 1.54) is 13.8 Å². The van der Waals surface area contributed by atoms with Gasteiger partial charge in [-0.25, -0.2) is 0 Å². The van der Waals surface area contributed by atoms with Gasteiger partial charge in [0.15, 0.2) is 5.41 Å². The molecule has 0 saturated carbocycles. The highest BCUT2D eigenvalue weighted by atomic mass is 19.4. The highest BCUT2D eigenvalue weighted by Gasteiger charge is 2.64. The van der Waals surface area contributed by atoms with Crippen LogP contribution >= 0.6 is 0 Å². The molecule has 0 amide bonds. The lowest BCUT2D eigenvalue weighted by atomic mass is 9.63. The molecule has 0 aromatic carbocycles. The fourth-order valence-electron chi connectivity index (χ4n) is 1.66. The zero-order chi connectivity index (χ0) is 13.2. The quantitative estimate of drug-likeness (QED) is 0.792. The van der Waals surface area contributed by atoms with Gasteiger partial charge in [-0.05, 0) is 18.8 Å². The number of alkyl halides is 3. The highest BCUT2D eigenvalue weighted by molar-refractivity contribution is 5.76. The van der Waals surface area contributed by atoms with Gasteiger partial charge in [0.1, 0.15) is 0 Å². The summed E-state index contributed by atoms with van der Waals surface area (Å²) in [5.74, 6) is -1.80. The van der Waals surface area contributed by atoms with Gasteiger partial charge in [0.25, 0.3) is 0 Å². The van der Waals surface area contributed by atoms with Crippen molar-refractivity contribution in [2.45, 2.75) is 53.1 Å². The Morgan fingerprint density at radius 3 is 1.88 bits per heavy atom. The van der Waals surface area contributed by atoms with Crippen molar-refractivity contribution in [2.24, 2.45) is 10.8 Å². The van der Waals surface area contributed by atoms with Gasteiger partial charge in [-0.15, -0.1) is 0 Å². The highest BCUT2D eigenvalue weighted by Crippen LogP contribution is 2.53. The van der Waals surface area contributed by atoms with E-state index in [0.29, 0.717) is 6.42 Å². The molecule has 0 aromatic rings. The van der Waals surface area contributed by atoms with E-state index in [-0.39, 0.29) is 6.42 Å². The zero-order valence-corrected chi connectivity index (χ0v) is 10.1. The SMILES string of the molecule is CCCCC(C)(C)C(C)(C(=O)O)C(F)(F)F. The minimum atomic E-state index is -4.74. The van der Waals surface area contributed by atoms with Crippen molar-refractivity contribution in [3.63, 3.8) is 0 Å². The number of aliphatic carboxylic acids is 1. The average molecular weight is 240 g/mol. The lowest BCUT2D eigenvalue weighted by molar-refractivity contribution is -0.255. The Kier molecular flexibility index (Phi) is 4.42. The standard InChI is InChI=1S/C11H19F3O2/c1-5-6-7-9(2,3)10(4,8(15)16)11(12,13)14/h5-7H2,1-4H3,(H,15,16). The lowest BCUT2D eigenvalue weighted by Crippen LogP contribution is -2.52. The molecule has 0 saturated heterocycles. The van der Waals surface area contributed by atoms with Gasteiger partial charge in [-0.1, -0.05) is 33.6 Å². The third-order valence-electron chi connectivity index (χ3n) is 3.50. The molecule has 0 heterocycles. The topological polar surface area (TPSA) is 37.3 Å². The Labute approximate surface area is 93.8 Å². The van der Waals surface area contributed by atoms with Crippen LogP contribution in [0.2, 0.25) is 0 Å². The van der Waals surface area contributed by atoms with E-state index in [4.69, 9.17) is 5.11 Å². The first-order valence-corrected chi connectivity index (χ1v) is 5.31. The number of carboxylic acids is 1. The molecular weight excluding hydrogens is 221 g/mol. The second kappa shape index (κ2) is 4.63. The monoisotopic (exact) mass is 240 g/mol. The van der Waals surface area contributed by atoms with Gasteiger partial charge in [0, 0.05) is 0 Å². The smallest absolute Gasteiger partial charge is 0.405 e. The Bertz CT molecular complexity index is 258. The zero-order valence-electron chi connectivity index (χ0n) is 10.1. The molecule has 2 nitrogen and oxygen atoms in total. The van der Waals surface area contributed by atoms with Gasteiger partial charge < -0.3 is 5.11 Å². The van der Waals surface area contributed by atoms with Gasteiger partial charge in [0.2, 0.25) is 0 Å². The predicted molar refractivity (Wildman–Crippen MR) is 55.1 cm³/mol. The number of carboxylic acid groups (broad SMARTS) is 1. The molecule has 0 aliphatic heterocycles. The molecule has 0 aliphatic rings. The Balaban J connectivity index is 5.28. The molecule has 1 atom stereocenters. The van der Waals surface area contributed by atoms with Crippen LogP contribution < -0.4 is 0 Å². The fourth-order valence-corrected chi connectivity index (χ4v) is 1.66. The van der Waals surface area contributed by atoms with E-state index >= 15 is 0 Å². The van der Waals surface area contributed by atoms with Crippen LogP contribution in [0.15, 0.2) is 0 Å². The van der Waals surface area contributed by atoms with Crippen LogP contribution in [-0.2, 0) is 4.79 Å². The van der Waals surface area contributed by atoms with Crippen molar-refractivity contribution in [3.05, 3.63) is 0 Å². The summed E-state index contributed by atoms with van der Waals surface area (Å²) >= 11 is 0. The molecule has 0 radical (unpaired) electrons. The maximum atomic E-state index is 12.9. The number of rotatable bonds is 5. The lowest BCUT2D eigenvalue weighted by Gasteiger charge is -2.42. The Morgan fingerprint density at radius 1 is 1.19 bits per heavy atom. The summed E-state index contributed by atoms with van der Waals surface area (Å²) in [7, 11) is 0. The van der Waals surface area contributed by atoms with Crippen molar-refractivity contribution in [1.29, 1.82) is 0 Å². The summed E-state index contributed by atoms with van der Waals surface area (Å²) < 4.78 is 38.7. The number of carbonyl (C=O) groups is 1. The molecule has 0 aromatic heterocycles.